The van der Waals surface area contributed by atoms with Gasteiger partial charge in [-0.2, -0.15) is 0 Å². The molecule has 5 heteroatoms. The number of benzene rings is 2. The summed E-state index contributed by atoms with van der Waals surface area (Å²) in [5, 5.41) is 3.46. The van der Waals surface area contributed by atoms with E-state index in [2.05, 4.69) is 32.2 Å². The van der Waals surface area contributed by atoms with Crippen LogP contribution in [-0.2, 0) is 0 Å². The van der Waals surface area contributed by atoms with Crippen LogP contribution in [0, 0.1) is 0 Å². The molecule has 0 amide bonds. The molecule has 0 aliphatic carbocycles. The number of fused-ring (bicyclic) bond motifs is 2. The van der Waals surface area contributed by atoms with Crippen molar-refractivity contribution in [3.63, 3.8) is 0 Å². The number of carbonyl (C=O) groups excluding carboxylic acids is 1. The Morgan fingerprint density at radius 1 is 1.12 bits per heavy atom. The predicted molar refractivity (Wildman–Crippen MR) is 95.3 cm³/mol. The Balaban J connectivity index is 1.58. The molecular formula is C20H19NO4. The van der Waals surface area contributed by atoms with Crippen LogP contribution in [0.15, 0.2) is 42.5 Å². The fourth-order valence-corrected chi connectivity index (χ4v) is 3.21. The molecule has 1 N–H and O–H groups in total. The van der Waals surface area contributed by atoms with Crippen molar-refractivity contribution in [2.45, 2.75) is 26.3 Å². The van der Waals surface area contributed by atoms with Crippen LogP contribution in [0.1, 0.15) is 36.7 Å². The maximum Gasteiger partial charge on any atom is 0.343 e. The molecule has 2 heterocycles. The summed E-state index contributed by atoms with van der Waals surface area (Å²) in [4.78, 5) is 12.4. The summed E-state index contributed by atoms with van der Waals surface area (Å²) in [5.74, 6) is 1.28. The molecule has 0 saturated carbocycles. The van der Waals surface area contributed by atoms with Crippen LogP contribution in [0.4, 0.5) is 5.69 Å². The van der Waals surface area contributed by atoms with E-state index in [4.69, 9.17) is 14.2 Å². The standard InChI is InChI=1S/C20H19NO4/c1-12-10-20(2,3)21-16-6-5-14(9-15(12)16)25-19(22)13-4-7-17-18(8-13)24-11-23-17/h4-10,21H,11H2,1-3H3. The van der Waals surface area contributed by atoms with Gasteiger partial charge in [0.1, 0.15) is 5.75 Å². The Hall–Kier alpha value is -2.95. The van der Waals surface area contributed by atoms with E-state index in [9.17, 15) is 4.79 Å². The van der Waals surface area contributed by atoms with E-state index in [0.717, 1.165) is 16.8 Å². The molecule has 0 aromatic heterocycles. The fourth-order valence-electron chi connectivity index (χ4n) is 3.21. The summed E-state index contributed by atoms with van der Waals surface area (Å²) >= 11 is 0. The van der Waals surface area contributed by atoms with Gasteiger partial charge in [0.05, 0.1) is 11.1 Å². The Bertz CT molecular complexity index is 899. The molecule has 0 bridgehead atoms. The summed E-state index contributed by atoms with van der Waals surface area (Å²) in [5.41, 5.74) is 3.55. The SMILES string of the molecule is CC1=CC(C)(C)Nc2ccc(OC(=O)c3ccc4c(c3)OCO4)cc21. The molecule has 4 rings (SSSR count). The van der Waals surface area contributed by atoms with Gasteiger partial charge in [-0.1, -0.05) is 6.08 Å². The van der Waals surface area contributed by atoms with E-state index in [1.165, 1.54) is 0 Å². The molecule has 5 nitrogen and oxygen atoms in total. The van der Waals surface area contributed by atoms with Crippen LogP contribution in [-0.4, -0.2) is 18.3 Å². The lowest BCUT2D eigenvalue weighted by atomic mass is 9.91. The third-order valence-electron chi connectivity index (χ3n) is 4.27. The third-order valence-corrected chi connectivity index (χ3v) is 4.27. The van der Waals surface area contributed by atoms with Gasteiger partial charge in [0, 0.05) is 11.3 Å². The first-order valence-corrected chi connectivity index (χ1v) is 8.15. The second kappa shape index (κ2) is 5.55. The number of rotatable bonds is 2. The van der Waals surface area contributed by atoms with Crippen molar-refractivity contribution in [3.05, 3.63) is 53.6 Å². The minimum absolute atomic E-state index is 0.0955. The zero-order valence-electron chi connectivity index (χ0n) is 14.4. The van der Waals surface area contributed by atoms with E-state index < -0.39 is 5.97 Å². The number of hydrogen-bond donors (Lipinski definition) is 1. The molecule has 0 radical (unpaired) electrons. The molecule has 0 fully saturated rings. The highest BCUT2D eigenvalue weighted by molar-refractivity contribution is 5.92. The largest absolute Gasteiger partial charge is 0.454 e. The normalized spacial score (nSPS) is 16.5. The Morgan fingerprint density at radius 2 is 1.92 bits per heavy atom. The van der Waals surface area contributed by atoms with Crippen molar-refractivity contribution < 1.29 is 19.0 Å². The van der Waals surface area contributed by atoms with Crippen LogP contribution in [0.5, 0.6) is 17.2 Å². The summed E-state index contributed by atoms with van der Waals surface area (Å²) in [7, 11) is 0. The lowest BCUT2D eigenvalue weighted by molar-refractivity contribution is 0.0734. The zero-order chi connectivity index (χ0) is 17.6. The molecule has 128 valence electrons. The number of allylic oxidation sites excluding steroid dienone is 1. The van der Waals surface area contributed by atoms with Crippen molar-refractivity contribution in [2.24, 2.45) is 0 Å². The lowest BCUT2D eigenvalue weighted by Crippen LogP contribution is -2.31. The average Bonchev–Trinajstić information content (AvgIpc) is 3.02. The number of anilines is 1. The molecule has 2 aliphatic rings. The van der Waals surface area contributed by atoms with Gasteiger partial charge >= 0.3 is 5.97 Å². The molecule has 0 unspecified atom stereocenters. The summed E-state index contributed by atoms with van der Waals surface area (Å²) in [6.07, 6.45) is 2.17. The van der Waals surface area contributed by atoms with Gasteiger partial charge in [0.15, 0.2) is 11.5 Å². The maximum atomic E-state index is 12.4. The number of carbonyl (C=O) groups is 1. The first kappa shape index (κ1) is 15.6. The average molecular weight is 337 g/mol. The number of hydrogen-bond acceptors (Lipinski definition) is 5. The van der Waals surface area contributed by atoms with Gasteiger partial charge in [0.25, 0.3) is 0 Å². The number of nitrogens with one attached hydrogen (secondary N) is 1. The van der Waals surface area contributed by atoms with Crippen molar-refractivity contribution in [2.75, 3.05) is 12.1 Å². The third kappa shape index (κ3) is 2.93. The van der Waals surface area contributed by atoms with Gasteiger partial charge < -0.3 is 19.5 Å². The van der Waals surface area contributed by atoms with Gasteiger partial charge in [-0.15, -0.1) is 0 Å². The molecule has 2 aliphatic heterocycles. The predicted octanol–water partition coefficient (Wildman–Crippen LogP) is 4.24. The number of esters is 1. The molecule has 2 aromatic rings. The van der Waals surface area contributed by atoms with Crippen molar-refractivity contribution in [3.8, 4) is 17.2 Å². The van der Waals surface area contributed by atoms with Crippen LogP contribution >= 0.6 is 0 Å². The highest BCUT2D eigenvalue weighted by Gasteiger charge is 2.23. The molecular weight excluding hydrogens is 318 g/mol. The van der Waals surface area contributed by atoms with Crippen LogP contribution in [0.3, 0.4) is 0 Å². The summed E-state index contributed by atoms with van der Waals surface area (Å²) in [6.45, 7) is 6.47. The molecule has 0 spiro atoms. The number of ether oxygens (including phenoxy) is 3. The highest BCUT2D eigenvalue weighted by Crippen LogP contribution is 2.36. The van der Waals surface area contributed by atoms with Crippen LogP contribution in [0.25, 0.3) is 5.57 Å². The van der Waals surface area contributed by atoms with Crippen LogP contribution in [0.2, 0.25) is 0 Å². The van der Waals surface area contributed by atoms with E-state index in [0.29, 0.717) is 22.8 Å². The van der Waals surface area contributed by atoms with E-state index in [1.807, 2.05) is 12.1 Å². The molecule has 0 saturated heterocycles. The van der Waals surface area contributed by atoms with Gasteiger partial charge in [-0.05, 0) is 62.7 Å². The maximum absolute atomic E-state index is 12.4. The van der Waals surface area contributed by atoms with Crippen molar-refractivity contribution in [1.29, 1.82) is 0 Å². The monoisotopic (exact) mass is 337 g/mol. The topological polar surface area (TPSA) is 56.8 Å². The summed E-state index contributed by atoms with van der Waals surface area (Å²) < 4.78 is 16.1. The van der Waals surface area contributed by atoms with Gasteiger partial charge in [0.2, 0.25) is 6.79 Å². The fraction of sp³-hybridized carbons (Fsp3) is 0.250. The molecule has 25 heavy (non-hydrogen) atoms. The first-order valence-electron chi connectivity index (χ1n) is 8.15. The second-order valence-corrected chi connectivity index (χ2v) is 6.84. The van der Waals surface area contributed by atoms with Crippen molar-refractivity contribution in [1.82, 2.24) is 0 Å². The lowest BCUT2D eigenvalue weighted by Gasteiger charge is -2.31. The highest BCUT2D eigenvalue weighted by atomic mass is 16.7. The minimum atomic E-state index is -0.427. The Labute approximate surface area is 146 Å². The quantitative estimate of drug-likeness (QED) is 0.656. The van der Waals surface area contributed by atoms with Gasteiger partial charge in [-0.3, -0.25) is 0 Å². The van der Waals surface area contributed by atoms with E-state index in [-0.39, 0.29) is 12.3 Å². The first-order chi connectivity index (χ1) is 11.9. The molecule has 2 aromatic carbocycles. The Kier molecular flexibility index (Phi) is 3.46. The van der Waals surface area contributed by atoms with E-state index in [1.54, 1.807) is 24.3 Å². The second-order valence-electron chi connectivity index (χ2n) is 6.84. The van der Waals surface area contributed by atoms with Gasteiger partial charge in [-0.25, -0.2) is 4.79 Å². The minimum Gasteiger partial charge on any atom is -0.454 e. The van der Waals surface area contributed by atoms with Crippen LogP contribution < -0.4 is 19.5 Å². The Morgan fingerprint density at radius 3 is 2.76 bits per heavy atom. The van der Waals surface area contributed by atoms with E-state index >= 15 is 0 Å². The zero-order valence-corrected chi connectivity index (χ0v) is 14.4. The smallest absolute Gasteiger partial charge is 0.343 e. The molecule has 0 atom stereocenters. The summed E-state index contributed by atoms with van der Waals surface area (Å²) in [6, 6.07) is 10.6. The van der Waals surface area contributed by atoms with Crippen molar-refractivity contribution >= 4 is 17.2 Å².